The minimum atomic E-state index is -0.470. The Hall–Kier alpha value is -0.550. The molecular formula is C14H13BrCl2N2O. The van der Waals surface area contributed by atoms with E-state index in [9.17, 15) is 0 Å². The van der Waals surface area contributed by atoms with E-state index in [0.29, 0.717) is 28.0 Å². The number of halogens is 3. The van der Waals surface area contributed by atoms with Gasteiger partial charge in [0.2, 0.25) is 0 Å². The smallest absolute Gasteiger partial charge is 0.115 e. The van der Waals surface area contributed by atoms with Crippen LogP contribution in [-0.4, -0.2) is 21.2 Å². The van der Waals surface area contributed by atoms with Crippen LogP contribution in [0.4, 0.5) is 0 Å². The van der Waals surface area contributed by atoms with Crippen molar-refractivity contribution >= 4 is 39.1 Å². The first-order valence-corrected chi connectivity index (χ1v) is 7.97. The molecule has 20 heavy (non-hydrogen) atoms. The van der Waals surface area contributed by atoms with Gasteiger partial charge in [-0.3, -0.25) is 4.68 Å². The fourth-order valence-electron chi connectivity index (χ4n) is 2.62. The predicted molar refractivity (Wildman–Crippen MR) is 83.7 cm³/mol. The Morgan fingerprint density at radius 1 is 1.45 bits per heavy atom. The molecule has 1 fully saturated rings. The van der Waals surface area contributed by atoms with Gasteiger partial charge in [0.15, 0.2) is 0 Å². The summed E-state index contributed by atoms with van der Waals surface area (Å²) in [5.41, 5.74) is 0.489. The molecule has 3 rings (SSSR count). The van der Waals surface area contributed by atoms with E-state index < -0.39 is 5.60 Å². The van der Waals surface area contributed by atoms with Crippen molar-refractivity contribution in [3.8, 4) is 0 Å². The van der Waals surface area contributed by atoms with Crippen molar-refractivity contribution in [3.63, 3.8) is 0 Å². The molecule has 0 spiro atoms. The van der Waals surface area contributed by atoms with Crippen LogP contribution in [-0.2, 0) is 16.9 Å². The lowest BCUT2D eigenvalue weighted by Gasteiger charge is -2.30. The van der Waals surface area contributed by atoms with E-state index in [0.717, 1.165) is 12.0 Å². The van der Waals surface area contributed by atoms with Gasteiger partial charge in [-0.25, -0.2) is 0 Å². The molecule has 6 heteroatoms. The van der Waals surface area contributed by atoms with Gasteiger partial charge in [0.05, 0.1) is 13.2 Å². The largest absolute Gasteiger partial charge is 0.367 e. The highest BCUT2D eigenvalue weighted by Crippen LogP contribution is 2.43. The van der Waals surface area contributed by atoms with E-state index in [4.69, 9.17) is 27.9 Å². The van der Waals surface area contributed by atoms with Crippen LogP contribution in [0, 0.1) is 0 Å². The maximum atomic E-state index is 6.38. The number of alkyl halides is 1. The van der Waals surface area contributed by atoms with Gasteiger partial charge in [0.1, 0.15) is 5.60 Å². The Labute approximate surface area is 136 Å². The van der Waals surface area contributed by atoms with Crippen LogP contribution in [0.5, 0.6) is 0 Å². The van der Waals surface area contributed by atoms with Crippen LogP contribution < -0.4 is 0 Å². The van der Waals surface area contributed by atoms with E-state index in [1.165, 1.54) is 0 Å². The van der Waals surface area contributed by atoms with Crippen molar-refractivity contribution in [1.29, 1.82) is 0 Å². The summed E-state index contributed by atoms with van der Waals surface area (Å²) in [6, 6.07) is 7.45. The number of rotatable bonds is 3. The monoisotopic (exact) mass is 374 g/mol. The van der Waals surface area contributed by atoms with Crippen LogP contribution in [0.3, 0.4) is 0 Å². The molecule has 106 valence electrons. The summed E-state index contributed by atoms with van der Waals surface area (Å²) in [5.74, 6) is 0. The van der Waals surface area contributed by atoms with Crippen LogP contribution in [0.2, 0.25) is 10.0 Å². The normalized spacial score (nSPS) is 26.1. The van der Waals surface area contributed by atoms with Gasteiger partial charge >= 0.3 is 0 Å². The average Bonchev–Trinajstić information content (AvgIpc) is 3.00. The molecule has 3 nitrogen and oxygen atoms in total. The highest BCUT2D eigenvalue weighted by Gasteiger charge is 2.43. The fraction of sp³-hybridized carbons (Fsp3) is 0.357. The van der Waals surface area contributed by atoms with E-state index in [2.05, 4.69) is 21.0 Å². The predicted octanol–water partition coefficient (Wildman–Crippen LogP) is 4.27. The zero-order chi connectivity index (χ0) is 14.2. The Morgan fingerprint density at radius 3 is 2.90 bits per heavy atom. The maximum Gasteiger partial charge on any atom is 0.115 e. The highest BCUT2D eigenvalue weighted by atomic mass is 79.9. The summed E-state index contributed by atoms with van der Waals surface area (Å²) in [4.78, 5) is 0.310. The minimum absolute atomic E-state index is 0.310. The summed E-state index contributed by atoms with van der Waals surface area (Å²) in [6.45, 7) is 1.28. The van der Waals surface area contributed by atoms with Crippen LogP contribution >= 0.6 is 39.1 Å². The van der Waals surface area contributed by atoms with Crippen molar-refractivity contribution < 1.29 is 4.74 Å². The van der Waals surface area contributed by atoms with Crippen molar-refractivity contribution in [3.05, 3.63) is 52.3 Å². The number of ether oxygens (including phenoxy) is 1. The molecule has 0 saturated carbocycles. The van der Waals surface area contributed by atoms with E-state index in [1.54, 1.807) is 12.3 Å². The molecule has 2 aromatic rings. The second-order valence-electron chi connectivity index (χ2n) is 4.93. The molecule has 2 unspecified atom stereocenters. The average molecular weight is 376 g/mol. The molecule has 1 aromatic carbocycles. The molecule has 1 aliphatic rings. The molecular weight excluding hydrogens is 363 g/mol. The van der Waals surface area contributed by atoms with Crippen molar-refractivity contribution in [2.24, 2.45) is 0 Å². The SMILES string of the molecule is Clc1ccc(C2(Cn3cccn3)CC(Br)CO2)c(Cl)c1. The third-order valence-electron chi connectivity index (χ3n) is 3.49. The standard InChI is InChI=1S/C14H13BrCl2N2O/c15-10-7-14(20-8-10,9-19-5-1-4-18-19)12-3-2-11(16)6-13(12)17/h1-6,10H,7-9H2. The summed E-state index contributed by atoms with van der Waals surface area (Å²) < 4.78 is 7.97. The van der Waals surface area contributed by atoms with Gasteiger partial charge < -0.3 is 4.74 Å². The molecule has 0 N–H and O–H groups in total. The lowest BCUT2D eigenvalue weighted by Crippen LogP contribution is -2.31. The van der Waals surface area contributed by atoms with Gasteiger partial charge in [-0.05, 0) is 24.6 Å². The minimum Gasteiger partial charge on any atom is -0.367 e. The summed E-state index contributed by atoms with van der Waals surface area (Å²) >= 11 is 16.0. The van der Waals surface area contributed by atoms with E-state index in [-0.39, 0.29) is 0 Å². The first-order valence-electron chi connectivity index (χ1n) is 6.30. The molecule has 0 aliphatic carbocycles. The van der Waals surface area contributed by atoms with Crippen molar-refractivity contribution in [2.45, 2.75) is 23.4 Å². The lowest BCUT2D eigenvalue weighted by molar-refractivity contribution is -0.0168. The van der Waals surface area contributed by atoms with Crippen LogP contribution in [0.25, 0.3) is 0 Å². The molecule has 0 amide bonds. The van der Waals surface area contributed by atoms with E-state index >= 15 is 0 Å². The molecule has 1 aromatic heterocycles. The van der Waals surface area contributed by atoms with Crippen LogP contribution in [0.15, 0.2) is 36.7 Å². The van der Waals surface area contributed by atoms with Crippen molar-refractivity contribution in [1.82, 2.24) is 9.78 Å². The number of hydrogen-bond acceptors (Lipinski definition) is 2. The zero-order valence-corrected chi connectivity index (χ0v) is 13.7. The second kappa shape index (κ2) is 5.68. The third-order valence-corrected chi connectivity index (χ3v) is 4.63. The highest BCUT2D eigenvalue weighted by molar-refractivity contribution is 9.09. The maximum absolute atomic E-state index is 6.38. The quantitative estimate of drug-likeness (QED) is 0.749. The van der Waals surface area contributed by atoms with E-state index in [1.807, 2.05) is 29.1 Å². The Balaban J connectivity index is 2.01. The molecule has 2 heterocycles. The fourth-order valence-corrected chi connectivity index (χ4v) is 3.86. The lowest BCUT2D eigenvalue weighted by atomic mass is 9.90. The molecule has 0 radical (unpaired) electrons. The topological polar surface area (TPSA) is 27.1 Å². The Bertz CT molecular complexity index is 605. The summed E-state index contributed by atoms with van der Waals surface area (Å²) in [5, 5.41) is 5.53. The second-order valence-corrected chi connectivity index (χ2v) is 7.07. The number of benzene rings is 1. The number of nitrogens with zero attached hydrogens (tertiary/aromatic N) is 2. The molecule has 1 aliphatic heterocycles. The van der Waals surface area contributed by atoms with Gasteiger partial charge in [-0.2, -0.15) is 5.10 Å². The number of hydrogen-bond donors (Lipinski definition) is 0. The third kappa shape index (κ3) is 2.75. The molecule has 2 atom stereocenters. The first-order chi connectivity index (χ1) is 9.59. The molecule has 0 bridgehead atoms. The molecule has 1 saturated heterocycles. The van der Waals surface area contributed by atoms with Crippen LogP contribution in [0.1, 0.15) is 12.0 Å². The van der Waals surface area contributed by atoms with Gasteiger partial charge in [0.25, 0.3) is 0 Å². The Morgan fingerprint density at radius 2 is 2.30 bits per heavy atom. The van der Waals surface area contributed by atoms with Gasteiger partial charge in [-0.15, -0.1) is 0 Å². The van der Waals surface area contributed by atoms with Gasteiger partial charge in [0, 0.05) is 32.8 Å². The number of aromatic nitrogens is 2. The van der Waals surface area contributed by atoms with Crippen molar-refractivity contribution in [2.75, 3.05) is 6.61 Å². The zero-order valence-electron chi connectivity index (χ0n) is 10.6. The Kier molecular flexibility index (Phi) is 4.09. The summed E-state index contributed by atoms with van der Waals surface area (Å²) in [7, 11) is 0. The first kappa shape index (κ1) is 14.4. The summed E-state index contributed by atoms with van der Waals surface area (Å²) in [6.07, 6.45) is 4.53. The van der Waals surface area contributed by atoms with Gasteiger partial charge in [-0.1, -0.05) is 45.2 Å².